The number of anilines is 1. The molecule has 1 aliphatic carbocycles. The standard InChI is InChI=1S/C13H20N2O/c1-9-6-7-15-13(14)12(9)10-4-2-3-5-11(16)8-10/h6-7,10-11,16H,2-5,8H2,1H3,(H2,14,15). The minimum absolute atomic E-state index is 0.175. The first kappa shape index (κ1) is 11.4. The number of hydrogen-bond acceptors (Lipinski definition) is 3. The van der Waals surface area contributed by atoms with Gasteiger partial charge in [-0.15, -0.1) is 0 Å². The van der Waals surface area contributed by atoms with E-state index >= 15 is 0 Å². The molecule has 0 saturated heterocycles. The van der Waals surface area contributed by atoms with Crippen LogP contribution < -0.4 is 5.73 Å². The van der Waals surface area contributed by atoms with Gasteiger partial charge in [-0.1, -0.05) is 12.8 Å². The third kappa shape index (κ3) is 2.35. The summed E-state index contributed by atoms with van der Waals surface area (Å²) in [6, 6.07) is 2.00. The summed E-state index contributed by atoms with van der Waals surface area (Å²) >= 11 is 0. The fourth-order valence-corrected chi connectivity index (χ4v) is 2.72. The summed E-state index contributed by atoms with van der Waals surface area (Å²) in [6.45, 7) is 2.07. The number of aliphatic hydroxyl groups excluding tert-OH is 1. The Morgan fingerprint density at radius 1 is 1.38 bits per heavy atom. The summed E-state index contributed by atoms with van der Waals surface area (Å²) in [6.07, 6.45) is 6.75. The molecule has 2 atom stereocenters. The number of nitrogens with zero attached hydrogens (tertiary/aromatic N) is 1. The second kappa shape index (κ2) is 4.83. The molecule has 0 radical (unpaired) electrons. The largest absolute Gasteiger partial charge is 0.393 e. The highest BCUT2D eigenvalue weighted by Gasteiger charge is 2.23. The van der Waals surface area contributed by atoms with Crippen LogP contribution in [0, 0.1) is 6.92 Å². The molecule has 0 bridgehead atoms. The van der Waals surface area contributed by atoms with Crippen LogP contribution in [0.15, 0.2) is 12.3 Å². The highest BCUT2D eigenvalue weighted by atomic mass is 16.3. The van der Waals surface area contributed by atoms with E-state index in [1.54, 1.807) is 6.20 Å². The van der Waals surface area contributed by atoms with Crippen molar-refractivity contribution in [3.8, 4) is 0 Å². The van der Waals surface area contributed by atoms with Gasteiger partial charge in [0.25, 0.3) is 0 Å². The summed E-state index contributed by atoms with van der Waals surface area (Å²) in [4.78, 5) is 4.17. The number of aryl methyl sites for hydroxylation is 1. The molecule has 16 heavy (non-hydrogen) atoms. The van der Waals surface area contributed by atoms with E-state index in [1.165, 1.54) is 12.0 Å². The van der Waals surface area contributed by atoms with Gasteiger partial charge in [0.1, 0.15) is 5.82 Å². The maximum Gasteiger partial charge on any atom is 0.127 e. The highest BCUT2D eigenvalue weighted by Crippen LogP contribution is 2.35. The Morgan fingerprint density at radius 2 is 2.12 bits per heavy atom. The number of pyridine rings is 1. The fraction of sp³-hybridized carbons (Fsp3) is 0.615. The smallest absolute Gasteiger partial charge is 0.127 e. The Bertz CT molecular complexity index is 345. The second-order valence-electron chi connectivity index (χ2n) is 4.80. The van der Waals surface area contributed by atoms with Crippen LogP contribution in [0.4, 0.5) is 5.82 Å². The van der Waals surface area contributed by atoms with Gasteiger partial charge in [0.05, 0.1) is 6.10 Å². The van der Waals surface area contributed by atoms with E-state index in [4.69, 9.17) is 5.73 Å². The molecule has 0 aliphatic heterocycles. The fourth-order valence-electron chi connectivity index (χ4n) is 2.72. The Balaban J connectivity index is 2.28. The molecular formula is C13H20N2O. The minimum Gasteiger partial charge on any atom is -0.393 e. The van der Waals surface area contributed by atoms with E-state index in [0.29, 0.717) is 11.7 Å². The molecule has 1 aromatic rings. The predicted octanol–water partition coefficient (Wildman–Crippen LogP) is 2.38. The van der Waals surface area contributed by atoms with Crippen LogP contribution in [0.1, 0.15) is 49.1 Å². The quantitative estimate of drug-likeness (QED) is 0.714. The summed E-state index contributed by atoms with van der Waals surface area (Å²) in [5, 5.41) is 9.84. The molecule has 0 aromatic carbocycles. The van der Waals surface area contributed by atoms with Crippen LogP contribution in [0.2, 0.25) is 0 Å². The molecule has 88 valence electrons. The lowest BCUT2D eigenvalue weighted by Crippen LogP contribution is -2.12. The number of nitrogen functional groups attached to an aromatic ring is 1. The van der Waals surface area contributed by atoms with Crippen LogP contribution in [-0.2, 0) is 0 Å². The maximum atomic E-state index is 9.84. The van der Waals surface area contributed by atoms with Crippen molar-refractivity contribution in [2.75, 3.05) is 5.73 Å². The zero-order chi connectivity index (χ0) is 11.5. The molecule has 3 heteroatoms. The molecule has 2 rings (SSSR count). The van der Waals surface area contributed by atoms with Crippen molar-refractivity contribution in [1.82, 2.24) is 4.98 Å². The molecule has 2 unspecified atom stereocenters. The molecule has 1 saturated carbocycles. The van der Waals surface area contributed by atoms with Gasteiger partial charge in [-0.2, -0.15) is 0 Å². The third-order valence-electron chi connectivity index (χ3n) is 3.54. The van der Waals surface area contributed by atoms with Gasteiger partial charge in [-0.3, -0.25) is 0 Å². The van der Waals surface area contributed by atoms with Crippen molar-refractivity contribution < 1.29 is 5.11 Å². The molecule has 1 fully saturated rings. The van der Waals surface area contributed by atoms with E-state index < -0.39 is 0 Å². The normalized spacial score (nSPS) is 26.4. The molecule has 0 spiro atoms. The molecular weight excluding hydrogens is 200 g/mol. The van der Waals surface area contributed by atoms with Gasteiger partial charge in [0, 0.05) is 11.8 Å². The molecule has 0 amide bonds. The second-order valence-corrected chi connectivity index (χ2v) is 4.80. The van der Waals surface area contributed by atoms with E-state index in [9.17, 15) is 5.11 Å². The molecule has 1 aliphatic rings. The van der Waals surface area contributed by atoms with Gasteiger partial charge < -0.3 is 10.8 Å². The molecule has 1 aromatic heterocycles. The average Bonchev–Trinajstić information content (AvgIpc) is 2.43. The van der Waals surface area contributed by atoms with Crippen LogP contribution in [-0.4, -0.2) is 16.2 Å². The topological polar surface area (TPSA) is 59.1 Å². The van der Waals surface area contributed by atoms with Crippen LogP contribution in [0.3, 0.4) is 0 Å². The molecule has 1 heterocycles. The van der Waals surface area contributed by atoms with Crippen LogP contribution in [0.5, 0.6) is 0 Å². The number of rotatable bonds is 1. The number of hydrogen-bond donors (Lipinski definition) is 2. The summed E-state index contributed by atoms with van der Waals surface area (Å²) < 4.78 is 0. The molecule has 3 nitrogen and oxygen atoms in total. The van der Waals surface area contributed by atoms with E-state index in [2.05, 4.69) is 11.9 Å². The van der Waals surface area contributed by atoms with Crippen molar-refractivity contribution in [3.63, 3.8) is 0 Å². The monoisotopic (exact) mass is 220 g/mol. The van der Waals surface area contributed by atoms with Gasteiger partial charge in [0.2, 0.25) is 0 Å². The number of aliphatic hydroxyl groups is 1. The van der Waals surface area contributed by atoms with Crippen molar-refractivity contribution in [1.29, 1.82) is 0 Å². The zero-order valence-corrected chi connectivity index (χ0v) is 9.82. The summed E-state index contributed by atoms with van der Waals surface area (Å²) in [5.74, 6) is 1.02. The summed E-state index contributed by atoms with van der Waals surface area (Å²) in [5.41, 5.74) is 8.31. The van der Waals surface area contributed by atoms with Crippen molar-refractivity contribution in [2.45, 2.75) is 51.0 Å². The highest BCUT2D eigenvalue weighted by molar-refractivity contribution is 5.46. The first-order valence-corrected chi connectivity index (χ1v) is 6.07. The summed E-state index contributed by atoms with van der Waals surface area (Å²) in [7, 11) is 0. The van der Waals surface area contributed by atoms with Crippen molar-refractivity contribution in [2.24, 2.45) is 0 Å². The predicted molar refractivity (Wildman–Crippen MR) is 65.2 cm³/mol. The van der Waals surface area contributed by atoms with Gasteiger partial charge in [-0.05, 0) is 43.7 Å². The third-order valence-corrected chi connectivity index (χ3v) is 3.54. The van der Waals surface area contributed by atoms with Gasteiger partial charge in [-0.25, -0.2) is 4.98 Å². The average molecular weight is 220 g/mol. The van der Waals surface area contributed by atoms with Crippen molar-refractivity contribution >= 4 is 5.82 Å². The molecule has 3 N–H and O–H groups in total. The number of nitrogens with two attached hydrogens (primary N) is 1. The van der Waals surface area contributed by atoms with Gasteiger partial charge in [0.15, 0.2) is 0 Å². The van der Waals surface area contributed by atoms with Gasteiger partial charge >= 0.3 is 0 Å². The lowest BCUT2D eigenvalue weighted by atomic mass is 9.88. The first-order chi connectivity index (χ1) is 7.68. The van der Waals surface area contributed by atoms with E-state index in [1.807, 2.05) is 6.07 Å². The van der Waals surface area contributed by atoms with Crippen molar-refractivity contribution in [3.05, 3.63) is 23.4 Å². The van der Waals surface area contributed by atoms with Crippen LogP contribution in [0.25, 0.3) is 0 Å². The lowest BCUT2D eigenvalue weighted by Gasteiger charge is -2.20. The number of aromatic nitrogens is 1. The lowest BCUT2D eigenvalue weighted by molar-refractivity contribution is 0.152. The maximum absolute atomic E-state index is 9.84. The van der Waals surface area contributed by atoms with E-state index in [0.717, 1.165) is 31.2 Å². The van der Waals surface area contributed by atoms with E-state index in [-0.39, 0.29) is 6.10 Å². The Hall–Kier alpha value is -1.09. The Labute approximate surface area is 96.7 Å². The zero-order valence-electron chi connectivity index (χ0n) is 9.82. The Morgan fingerprint density at radius 3 is 2.88 bits per heavy atom. The van der Waals surface area contributed by atoms with Crippen LogP contribution >= 0.6 is 0 Å². The first-order valence-electron chi connectivity index (χ1n) is 6.07. The minimum atomic E-state index is -0.175. The SMILES string of the molecule is Cc1ccnc(N)c1C1CCCCC(O)C1. The Kier molecular flexibility index (Phi) is 3.44.